The molecule has 0 saturated heterocycles. The predicted octanol–water partition coefficient (Wildman–Crippen LogP) is 5.06. The second-order valence-electron chi connectivity index (χ2n) is 5.68. The fourth-order valence-corrected chi connectivity index (χ4v) is 3.86. The van der Waals surface area contributed by atoms with E-state index in [9.17, 15) is 9.59 Å². The summed E-state index contributed by atoms with van der Waals surface area (Å²) in [7, 11) is 1.34. The maximum atomic E-state index is 12.5. The summed E-state index contributed by atoms with van der Waals surface area (Å²) in [4.78, 5) is 26.0. The Balaban J connectivity index is 1.67. The fourth-order valence-electron chi connectivity index (χ4n) is 2.83. The number of hydrogen-bond donors (Lipinski definition) is 0. The zero-order valence-corrected chi connectivity index (χ0v) is 14.7. The molecule has 0 atom stereocenters. The van der Waals surface area contributed by atoms with Gasteiger partial charge in [-0.3, -0.25) is 4.79 Å². The number of carbonyl (C=O) groups excluding carboxylic acids is 2. The van der Waals surface area contributed by atoms with Crippen LogP contribution in [0.4, 0.5) is 0 Å². The van der Waals surface area contributed by atoms with Crippen LogP contribution in [0.5, 0.6) is 0 Å². The van der Waals surface area contributed by atoms with Crippen molar-refractivity contribution in [1.29, 1.82) is 0 Å². The van der Waals surface area contributed by atoms with Gasteiger partial charge in [0.2, 0.25) is 5.78 Å². The molecule has 5 heteroatoms. The molecule has 1 aliphatic heterocycles. The zero-order valence-electron chi connectivity index (χ0n) is 13.9. The smallest absolute Gasteiger partial charge is 0.338 e. The van der Waals surface area contributed by atoms with E-state index in [-0.39, 0.29) is 5.78 Å². The lowest BCUT2D eigenvalue weighted by Gasteiger charge is -2.04. The monoisotopic (exact) mass is 362 g/mol. The van der Waals surface area contributed by atoms with Gasteiger partial charge < -0.3 is 9.15 Å². The quantitative estimate of drug-likeness (QED) is 0.481. The molecule has 1 aromatic heterocycles. The Labute approximate surface area is 154 Å². The molecule has 128 valence electrons. The molecule has 2 aromatic carbocycles. The molecule has 3 aromatic rings. The molecule has 0 saturated carbocycles. The lowest BCUT2D eigenvalue weighted by Crippen LogP contribution is -2.02. The van der Waals surface area contributed by atoms with Crippen molar-refractivity contribution in [2.45, 2.75) is 4.90 Å². The molecule has 0 radical (unpaired) electrons. The van der Waals surface area contributed by atoms with Crippen molar-refractivity contribution in [1.82, 2.24) is 0 Å². The molecule has 0 fully saturated rings. The van der Waals surface area contributed by atoms with Crippen LogP contribution in [0.2, 0.25) is 0 Å². The highest BCUT2D eigenvalue weighted by atomic mass is 32.2. The third kappa shape index (κ3) is 2.86. The highest BCUT2D eigenvalue weighted by molar-refractivity contribution is 8.04. The lowest BCUT2D eigenvalue weighted by molar-refractivity contribution is 0.0601. The Kier molecular flexibility index (Phi) is 4.22. The molecule has 0 bridgehead atoms. The molecule has 2 heterocycles. The summed E-state index contributed by atoms with van der Waals surface area (Å²) in [6.45, 7) is 0. The summed E-state index contributed by atoms with van der Waals surface area (Å²) in [6.07, 6.45) is 1.73. The number of allylic oxidation sites excluding steroid dienone is 1. The van der Waals surface area contributed by atoms with Gasteiger partial charge >= 0.3 is 5.97 Å². The summed E-state index contributed by atoms with van der Waals surface area (Å²) in [5.74, 6) is 0.682. The molecule has 4 nitrogen and oxygen atoms in total. The van der Waals surface area contributed by atoms with Crippen molar-refractivity contribution in [3.63, 3.8) is 0 Å². The van der Waals surface area contributed by atoms with Gasteiger partial charge in [-0.2, -0.15) is 0 Å². The summed E-state index contributed by atoms with van der Waals surface area (Å²) >= 11 is 1.43. The second-order valence-corrected chi connectivity index (χ2v) is 6.76. The molecule has 0 N–H and O–H groups in total. The van der Waals surface area contributed by atoms with Crippen LogP contribution in [-0.4, -0.2) is 18.9 Å². The third-order valence-corrected chi connectivity index (χ3v) is 5.17. The van der Waals surface area contributed by atoms with Crippen molar-refractivity contribution in [3.8, 4) is 11.3 Å². The van der Waals surface area contributed by atoms with Gasteiger partial charge in [-0.1, -0.05) is 42.1 Å². The highest BCUT2D eigenvalue weighted by Crippen LogP contribution is 2.41. The van der Waals surface area contributed by atoms with Gasteiger partial charge in [-0.05, 0) is 36.4 Å². The second kappa shape index (κ2) is 6.69. The third-order valence-electron chi connectivity index (χ3n) is 4.07. The van der Waals surface area contributed by atoms with E-state index >= 15 is 0 Å². The van der Waals surface area contributed by atoms with E-state index in [1.165, 1.54) is 18.9 Å². The minimum Gasteiger partial charge on any atom is -0.465 e. The van der Waals surface area contributed by atoms with Crippen molar-refractivity contribution in [3.05, 3.63) is 82.5 Å². The largest absolute Gasteiger partial charge is 0.465 e. The zero-order chi connectivity index (χ0) is 18.1. The molecular formula is C21H14O4S. The average molecular weight is 362 g/mol. The molecule has 0 aliphatic carbocycles. The maximum Gasteiger partial charge on any atom is 0.338 e. The van der Waals surface area contributed by atoms with Crippen LogP contribution in [-0.2, 0) is 4.74 Å². The van der Waals surface area contributed by atoms with Gasteiger partial charge in [-0.25, -0.2) is 4.79 Å². The summed E-state index contributed by atoms with van der Waals surface area (Å²) in [5, 5.41) is 0. The molecule has 4 rings (SSSR count). The normalized spacial score (nSPS) is 14.5. The number of ketones is 1. The predicted molar refractivity (Wildman–Crippen MR) is 100 cm³/mol. The summed E-state index contributed by atoms with van der Waals surface area (Å²) in [6, 6.07) is 18.2. The van der Waals surface area contributed by atoms with Crippen molar-refractivity contribution < 1.29 is 18.7 Å². The number of hydrogen-bond acceptors (Lipinski definition) is 5. The number of ether oxygens (including phenoxy) is 1. The van der Waals surface area contributed by atoms with Crippen LogP contribution in [0.3, 0.4) is 0 Å². The van der Waals surface area contributed by atoms with Gasteiger partial charge in [0, 0.05) is 16.0 Å². The van der Waals surface area contributed by atoms with Gasteiger partial charge in [0.05, 0.1) is 17.6 Å². The first-order valence-electron chi connectivity index (χ1n) is 7.98. The summed E-state index contributed by atoms with van der Waals surface area (Å²) in [5.41, 5.74) is 1.80. The maximum absolute atomic E-state index is 12.5. The number of methoxy groups -OCH3 is 1. The van der Waals surface area contributed by atoms with Gasteiger partial charge in [0.15, 0.2) is 0 Å². The first-order chi connectivity index (χ1) is 12.7. The number of furan rings is 1. The van der Waals surface area contributed by atoms with Crippen LogP contribution in [0, 0.1) is 0 Å². The van der Waals surface area contributed by atoms with Crippen LogP contribution in [0.15, 0.2) is 74.9 Å². The fraction of sp³-hybridized carbons (Fsp3) is 0.0476. The van der Waals surface area contributed by atoms with Crippen molar-refractivity contribution >= 4 is 29.6 Å². The molecule has 0 unspecified atom stereocenters. The number of rotatable bonds is 3. The molecule has 26 heavy (non-hydrogen) atoms. The van der Waals surface area contributed by atoms with Gasteiger partial charge in [0.1, 0.15) is 11.5 Å². The number of Topliss-reactive ketones (excluding diaryl/α,β-unsaturated/α-hetero) is 1. The first-order valence-corrected chi connectivity index (χ1v) is 8.80. The standard InChI is InChI=1S/C21H14O4S/c1-24-21(23)15-7-3-2-6-14(15)17-11-10-13(25-17)12-19-20(22)16-8-4-5-9-18(16)26-19/h2-12H,1H3/b19-12-. The number of esters is 1. The molecule has 0 amide bonds. The van der Waals surface area contributed by atoms with Gasteiger partial charge in [0.25, 0.3) is 0 Å². The Morgan fingerprint density at radius 3 is 2.50 bits per heavy atom. The highest BCUT2D eigenvalue weighted by Gasteiger charge is 2.25. The molecule has 1 aliphatic rings. The summed E-state index contributed by atoms with van der Waals surface area (Å²) < 4.78 is 10.7. The Morgan fingerprint density at radius 2 is 1.73 bits per heavy atom. The van der Waals surface area contributed by atoms with Crippen molar-refractivity contribution in [2.24, 2.45) is 0 Å². The minimum absolute atomic E-state index is 0.00138. The van der Waals surface area contributed by atoms with E-state index in [4.69, 9.17) is 9.15 Å². The topological polar surface area (TPSA) is 56.5 Å². The lowest BCUT2D eigenvalue weighted by atomic mass is 10.1. The minimum atomic E-state index is -0.422. The molecular weight excluding hydrogens is 348 g/mol. The first kappa shape index (κ1) is 16.4. The number of fused-ring (bicyclic) bond motifs is 1. The van der Waals surface area contributed by atoms with Crippen LogP contribution in [0.25, 0.3) is 17.4 Å². The van der Waals surface area contributed by atoms with E-state index in [1.54, 1.807) is 36.4 Å². The average Bonchev–Trinajstić information content (AvgIpc) is 3.27. The van der Waals surface area contributed by atoms with Crippen LogP contribution >= 0.6 is 11.8 Å². The Hall–Kier alpha value is -3.05. The van der Waals surface area contributed by atoms with Crippen molar-refractivity contribution in [2.75, 3.05) is 7.11 Å². The van der Waals surface area contributed by atoms with E-state index in [1.807, 2.05) is 30.3 Å². The van der Waals surface area contributed by atoms with Gasteiger partial charge in [-0.15, -0.1) is 0 Å². The van der Waals surface area contributed by atoms with E-state index in [2.05, 4.69) is 0 Å². The van der Waals surface area contributed by atoms with E-state index in [0.29, 0.717) is 33.1 Å². The number of thioether (sulfide) groups is 1. The van der Waals surface area contributed by atoms with Crippen LogP contribution in [0.1, 0.15) is 26.5 Å². The number of benzene rings is 2. The van der Waals surface area contributed by atoms with E-state index in [0.717, 1.165) is 4.90 Å². The SMILES string of the molecule is COC(=O)c1ccccc1-c1ccc(/C=C2\Sc3ccccc3C2=O)o1. The van der Waals surface area contributed by atoms with E-state index < -0.39 is 5.97 Å². The Morgan fingerprint density at radius 1 is 1.00 bits per heavy atom. The molecule has 0 spiro atoms. The van der Waals surface area contributed by atoms with Crippen LogP contribution < -0.4 is 0 Å². The number of carbonyl (C=O) groups is 2. The Bertz CT molecular complexity index is 1050.